The molecule has 0 aliphatic carbocycles. The van der Waals surface area contributed by atoms with Gasteiger partial charge in [0.1, 0.15) is 12.4 Å². The smallest absolute Gasteiger partial charge is 0.120 e. The molecule has 132 valence electrons. The molecule has 3 aromatic rings. The summed E-state index contributed by atoms with van der Waals surface area (Å²) in [6.45, 7) is 2.45. The highest BCUT2D eigenvalue weighted by Gasteiger charge is 1.99. The van der Waals surface area contributed by atoms with Crippen molar-refractivity contribution in [2.24, 2.45) is 5.10 Å². The highest BCUT2D eigenvalue weighted by atomic mass is 35.5. The molecule has 0 amide bonds. The molecular formula is C21H18Cl2N2O. The van der Waals surface area contributed by atoms with Crippen LogP contribution in [0.25, 0.3) is 0 Å². The zero-order valence-corrected chi connectivity index (χ0v) is 15.8. The van der Waals surface area contributed by atoms with Gasteiger partial charge in [-0.1, -0.05) is 53.5 Å². The van der Waals surface area contributed by atoms with E-state index in [4.69, 9.17) is 27.9 Å². The molecular weight excluding hydrogens is 367 g/mol. The Morgan fingerprint density at radius 1 is 1.00 bits per heavy atom. The molecule has 0 aliphatic rings. The number of hydrazone groups is 1. The minimum absolute atomic E-state index is 0.484. The molecule has 0 saturated heterocycles. The lowest BCUT2D eigenvalue weighted by atomic mass is 10.2. The van der Waals surface area contributed by atoms with Crippen molar-refractivity contribution in [1.82, 2.24) is 0 Å². The third kappa shape index (κ3) is 5.25. The van der Waals surface area contributed by atoms with Crippen LogP contribution in [0.5, 0.6) is 5.75 Å². The number of anilines is 1. The predicted octanol–water partition coefficient (Wildman–Crippen LogP) is 6.33. The van der Waals surface area contributed by atoms with E-state index in [-0.39, 0.29) is 0 Å². The molecule has 0 bridgehead atoms. The summed E-state index contributed by atoms with van der Waals surface area (Å²) < 4.78 is 5.82. The van der Waals surface area contributed by atoms with E-state index in [9.17, 15) is 0 Å². The molecule has 0 heterocycles. The van der Waals surface area contributed by atoms with E-state index in [1.54, 1.807) is 6.21 Å². The van der Waals surface area contributed by atoms with Crippen LogP contribution < -0.4 is 10.2 Å². The van der Waals surface area contributed by atoms with Gasteiger partial charge >= 0.3 is 0 Å². The molecule has 0 fully saturated rings. The molecule has 0 atom stereocenters. The van der Waals surface area contributed by atoms with Gasteiger partial charge < -0.3 is 4.74 Å². The van der Waals surface area contributed by atoms with Crippen molar-refractivity contribution in [3.8, 4) is 5.75 Å². The lowest BCUT2D eigenvalue weighted by Crippen LogP contribution is -1.96. The van der Waals surface area contributed by atoms with Crippen LogP contribution >= 0.6 is 23.2 Å². The number of rotatable bonds is 6. The minimum Gasteiger partial charge on any atom is -0.489 e. The van der Waals surface area contributed by atoms with Gasteiger partial charge in [-0.05, 0) is 60.0 Å². The zero-order chi connectivity index (χ0) is 18.4. The maximum absolute atomic E-state index is 6.11. The molecule has 0 radical (unpaired) electrons. The summed E-state index contributed by atoms with van der Waals surface area (Å²) in [5, 5.41) is 5.68. The number of nitrogens with one attached hydrogen (secondary N) is 1. The highest BCUT2D eigenvalue weighted by molar-refractivity contribution is 6.31. The zero-order valence-electron chi connectivity index (χ0n) is 14.2. The fourth-order valence-electron chi connectivity index (χ4n) is 2.28. The Morgan fingerprint density at radius 3 is 2.58 bits per heavy atom. The lowest BCUT2D eigenvalue weighted by molar-refractivity contribution is 0.306. The average Bonchev–Trinajstić information content (AvgIpc) is 2.65. The van der Waals surface area contributed by atoms with E-state index in [2.05, 4.69) is 10.5 Å². The average molecular weight is 385 g/mol. The number of nitrogens with zero attached hydrogens (tertiary/aromatic N) is 1. The second-order valence-corrected chi connectivity index (χ2v) is 6.67. The fraction of sp³-hybridized carbons (Fsp3) is 0.0952. The molecule has 0 unspecified atom stereocenters. The summed E-state index contributed by atoms with van der Waals surface area (Å²) in [5.74, 6) is 0.780. The van der Waals surface area contributed by atoms with E-state index >= 15 is 0 Å². The Bertz CT molecular complexity index is 908. The largest absolute Gasteiger partial charge is 0.489 e. The molecule has 1 N–H and O–H groups in total. The summed E-state index contributed by atoms with van der Waals surface area (Å²) >= 11 is 12.0. The van der Waals surface area contributed by atoms with Crippen LogP contribution in [0.4, 0.5) is 5.69 Å². The predicted molar refractivity (Wildman–Crippen MR) is 110 cm³/mol. The summed E-state index contributed by atoms with van der Waals surface area (Å²) in [6.07, 6.45) is 1.74. The van der Waals surface area contributed by atoms with Gasteiger partial charge in [0.2, 0.25) is 0 Å². The first kappa shape index (κ1) is 18.3. The van der Waals surface area contributed by atoms with Gasteiger partial charge in [0.15, 0.2) is 0 Å². The SMILES string of the molecule is Cc1ccc(N/N=C/c2cccc(OCc3ccc(Cl)cc3)c2)cc1Cl. The van der Waals surface area contributed by atoms with E-state index in [0.717, 1.165) is 28.1 Å². The molecule has 3 aromatic carbocycles. The Balaban J connectivity index is 1.59. The molecule has 0 aliphatic heterocycles. The quantitative estimate of drug-likeness (QED) is 0.398. The fourth-order valence-corrected chi connectivity index (χ4v) is 2.58. The van der Waals surface area contributed by atoms with Gasteiger partial charge in [-0.25, -0.2) is 0 Å². The Labute approximate surface area is 163 Å². The normalized spacial score (nSPS) is 10.9. The van der Waals surface area contributed by atoms with Crippen LogP contribution in [0.15, 0.2) is 71.8 Å². The first-order chi connectivity index (χ1) is 12.6. The molecule has 3 rings (SSSR count). The number of halogens is 2. The summed E-state index contributed by atoms with van der Waals surface area (Å²) in [7, 11) is 0. The topological polar surface area (TPSA) is 33.6 Å². The monoisotopic (exact) mass is 384 g/mol. The van der Waals surface area contributed by atoms with Crippen LogP contribution in [-0.2, 0) is 6.61 Å². The maximum Gasteiger partial charge on any atom is 0.120 e. The number of hydrogen-bond acceptors (Lipinski definition) is 3. The van der Waals surface area contributed by atoms with Gasteiger partial charge in [-0.3, -0.25) is 5.43 Å². The molecule has 3 nitrogen and oxygen atoms in total. The first-order valence-corrected chi connectivity index (χ1v) is 8.88. The van der Waals surface area contributed by atoms with Crippen molar-refractivity contribution in [2.45, 2.75) is 13.5 Å². The molecule has 0 spiro atoms. The lowest BCUT2D eigenvalue weighted by Gasteiger charge is -2.07. The highest BCUT2D eigenvalue weighted by Crippen LogP contribution is 2.20. The summed E-state index contributed by atoms with van der Waals surface area (Å²) in [6, 6.07) is 21.1. The molecule has 0 aromatic heterocycles. The third-order valence-corrected chi connectivity index (χ3v) is 4.42. The van der Waals surface area contributed by atoms with Crippen molar-refractivity contribution in [1.29, 1.82) is 0 Å². The van der Waals surface area contributed by atoms with E-state index in [1.807, 2.05) is 73.7 Å². The second-order valence-electron chi connectivity index (χ2n) is 5.82. The van der Waals surface area contributed by atoms with E-state index in [0.29, 0.717) is 16.7 Å². The summed E-state index contributed by atoms with van der Waals surface area (Å²) in [5.41, 5.74) is 6.85. The van der Waals surface area contributed by atoms with Crippen molar-refractivity contribution in [3.63, 3.8) is 0 Å². The van der Waals surface area contributed by atoms with Gasteiger partial charge in [-0.15, -0.1) is 0 Å². The van der Waals surface area contributed by atoms with E-state index in [1.165, 1.54) is 0 Å². The van der Waals surface area contributed by atoms with Gasteiger partial charge in [-0.2, -0.15) is 5.10 Å². The number of ether oxygens (including phenoxy) is 1. The standard InChI is InChI=1S/C21H18Cl2N2O/c1-15-5-10-19(12-21(15)23)25-24-13-17-3-2-4-20(11-17)26-14-16-6-8-18(22)9-7-16/h2-13,25H,14H2,1H3/b24-13+. The van der Waals surface area contributed by atoms with Crippen LogP contribution in [0, 0.1) is 6.92 Å². The minimum atomic E-state index is 0.484. The third-order valence-electron chi connectivity index (χ3n) is 3.76. The van der Waals surface area contributed by atoms with Crippen molar-refractivity contribution in [3.05, 3.63) is 93.5 Å². The first-order valence-electron chi connectivity index (χ1n) is 8.13. The van der Waals surface area contributed by atoms with Crippen LogP contribution in [0.1, 0.15) is 16.7 Å². The number of hydrogen-bond donors (Lipinski definition) is 1. The van der Waals surface area contributed by atoms with Crippen molar-refractivity contribution in [2.75, 3.05) is 5.43 Å². The maximum atomic E-state index is 6.11. The Morgan fingerprint density at radius 2 is 1.81 bits per heavy atom. The van der Waals surface area contributed by atoms with Crippen LogP contribution in [-0.4, -0.2) is 6.21 Å². The van der Waals surface area contributed by atoms with E-state index < -0.39 is 0 Å². The van der Waals surface area contributed by atoms with Gasteiger partial charge in [0.25, 0.3) is 0 Å². The molecule has 0 saturated carbocycles. The van der Waals surface area contributed by atoms with Crippen LogP contribution in [0.3, 0.4) is 0 Å². The van der Waals surface area contributed by atoms with Crippen molar-refractivity contribution >= 4 is 35.1 Å². The molecule has 26 heavy (non-hydrogen) atoms. The molecule has 5 heteroatoms. The number of benzene rings is 3. The number of aryl methyl sites for hydroxylation is 1. The second kappa shape index (κ2) is 8.75. The van der Waals surface area contributed by atoms with Crippen molar-refractivity contribution < 1.29 is 4.74 Å². The Hall–Kier alpha value is -2.49. The van der Waals surface area contributed by atoms with Crippen LogP contribution in [0.2, 0.25) is 10.0 Å². The Kier molecular flexibility index (Phi) is 6.16. The van der Waals surface area contributed by atoms with Gasteiger partial charge in [0.05, 0.1) is 11.9 Å². The van der Waals surface area contributed by atoms with Gasteiger partial charge in [0, 0.05) is 10.0 Å². The summed E-state index contributed by atoms with van der Waals surface area (Å²) in [4.78, 5) is 0.